The molecule has 38 heavy (non-hydrogen) atoms. The molecule has 0 saturated heterocycles. The van der Waals surface area contributed by atoms with Gasteiger partial charge in [0, 0.05) is 17.3 Å². The predicted molar refractivity (Wildman–Crippen MR) is 163 cm³/mol. The Morgan fingerprint density at radius 2 is 1.53 bits per heavy atom. The van der Waals surface area contributed by atoms with Gasteiger partial charge in [-0.25, -0.2) is 0 Å². The van der Waals surface area contributed by atoms with Gasteiger partial charge in [0.25, 0.3) is 0 Å². The van der Waals surface area contributed by atoms with Gasteiger partial charge in [-0.2, -0.15) is 0 Å². The molecule has 2 aliphatic carbocycles. The summed E-state index contributed by atoms with van der Waals surface area (Å²) in [6.45, 7) is 4.70. The van der Waals surface area contributed by atoms with E-state index in [1.165, 1.54) is 33.0 Å². The fourth-order valence-electron chi connectivity index (χ4n) is 6.33. The summed E-state index contributed by atoms with van der Waals surface area (Å²) in [5.74, 6) is 0. The van der Waals surface area contributed by atoms with Gasteiger partial charge in [-0.3, -0.25) is 4.98 Å². The van der Waals surface area contributed by atoms with Crippen LogP contribution in [0.2, 0.25) is 0 Å². The maximum atomic E-state index is 4.56. The van der Waals surface area contributed by atoms with Gasteiger partial charge in [0.1, 0.15) is 0 Å². The van der Waals surface area contributed by atoms with Gasteiger partial charge >= 0.3 is 0 Å². The minimum Gasteiger partial charge on any atom is -0.379 e. The van der Waals surface area contributed by atoms with E-state index in [0.29, 0.717) is 0 Å². The Morgan fingerprint density at radius 3 is 2.21 bits per heavy atom. The van der Waals surface area contributed by atoms with Gasteiger partial charge in [-0.05, 0) is 84.4 Å². The van der Waals surface area contributed by atoms with E-state index in [0.717, 1.165) is 37.9 Å². The van der Waals surface area contributed by atoms with Crippen LogP contribution in [0, 0.1) is 0 Å². The molecule has 0 amide bonds. The Hall–Kier alpha value is -3.74. The Bertz CT molecular complexity index is 1440. The van der Waals surface area contributed by atoms with Crippen LogP contribution in [0.4, 0.5) is 5.69 Å². The molecule has 3 aromatic carbocycles. The Balaban J connectivity index is 1.53. The van der Waals surface area contributed by atoms with Crippen LogP contribution in [-0.4, -0.2) is 4.98 Å². The Labute approximate surface area is 227 Å². The fraction of sp³-hybridized carbons (Fsp3) is 0.171. The maximum Gasteiger partial charge on any atom is 0.0594 e. The normalized spacial score (nSPS) is 18.4. The number of allylic oxidation sites excluding steroid dienone is 5. The van der Waals surface area contributed by atoms with Crippen molar-refractivity contribution >= 4 is 24.2 Å². The molecule has 2 aliphatic rings. The lowest BCUT2D eigenvalue weighted by molar-refractivity contribution is 0.512. The average molecular weight is 513 g/mol. The summed E-state index contributed by atoms with van der Waals surface area (Å²) in [6, 6.07) is 35.3. The highest BCUT2D eigenvalue weighted by Gasteiger charge is 2.50. The number of nitrogens with zero attached hydrogens (tertiary/aromatic N) is 1. The van der Waals surface area contributed by atoms with Gasteiger partial charge in [-0.1, -0.05) is 104 Å². The number of fused-ring (bicyclic) bond motifs is 2. The van der Waals surface area contributed by atoms with E-state index in [-0.39, 0.29) is 5.41 Å². The molecule has 1 aromatic heterocycles. The quantitative estimate of drug-likeness (QED) is 0.192. The highest BCUT2D eigenvalue weighted by Crippen LogP contribution is 2.65. The number of aryl methyl sites for hydroxylation is 1. The first-order valence-electron chi connectivity index (χ1n) is 13.5. The number of nitrogens with one attached hydrogen (secondary N) is 1. The number of hydrogen-bond acceptors (Lipinski definition) is 2. The van der Waals surface area contributed by atoms with Crippen LogP contribution in [0.25, 0.3) is 0 Å². The lowest BCUT2D eigenvalue weighted by Crippen LogP contribution is -2.28. The highest BCUT2D eigenvalue weighted by molar-refractivity contribution is 7.77. The largest absolute Gasteiger partial charge is 0.379 e. The van der Waals surface area contributed by atoms with Crippen molar-refractivity contribution in [1.82, 2.24) is 4.98 Å². The molecule has 1 spiro atoms. The molecular formula is C35H33N2P. The van der Waals surface area contributed by atoms with Crippen LogP contribution in [0.5, 0.6) is 0 Å². The predicted octanol–water partition coefficient (Wildman–Crippen LogP) is 7.80. The molecule has 0 fully saturated rings. The van der Waals surface area contributed by atoms with Gasteiger partial charge in [0.05, 0.1) is 12.2 Å². The van der Waals surface area contributed by atoms with Crippen molar-refractivity contribution in [3.8, 4) is 0 Å². The Kier molecular flexibility index (Phi) is 7.08. The zero-order valence-corrected chi connectivity index (χ0v) is 22.6. The summed E-state index contributed by atoms with van der Waals surface area (Å²) in [5.41, 5.74) is 6.81. The minimum atomic E-state index is -0.703. The lowest BCUT2D eigenvalue weighted by atomic mass is 9.80. The van der Waals surface area contributed by atoms with Crippen LogP contribution in [-0.2, 0) is 18.4 Å². The summed E-state index contributed by atoms with van der Waals surface area (Å²) in [5, 5.41) is 8.25. The summed E-state index contributed by atoms with van der Waals surface area (Å²) in [6.07, 6.45) is 12.7. The second-order valence-electron chi connectivity index (χ2n) is 10.1. The zero-order chi connectivity index (χ0) is 25.8. The van der Waals surface area contributed by atoms with Crippen LogP contribution in [0.1, 0.15) is 36.1 Å². The molecule has 0 radical (unpaired) electrons. The van der Waals surface area contributed by atoms with E-state index in [9.17, 15) is 0 Å². The molecule has 4 aromatic rings. The number of aromatic nitrogens is 1. The van der Waals surface area contributed by atoms with E-state index in [4.69, 9.17) is 0 Å². The molecule has 6 rings (SSSR count). The van der Waals surface area contributed by atoms with E-state index in [1.807, 2.05) is 18.3 Å². The molecule has 3 heteroatoms. The van der Waals surface area contributed by atoms with Gasteiger partial charge < -0.3 is 5.32 Å². The Morgan fingerprint density at radius 1 is 0.816 bits per heavy atom. The van der Waals surface area contributed by atoms with Crippen LogP contribution >= 0.6 is 7.92 Å². The van der Waals surface area contributed by atoms with Crippen molar-refractivity contribution in [2.45, 2.75) is 37.6 Å². The van der Waals surface area contributed by atoms with Crippen LogP contribution in [0.15, 0.2) is 139 Å². The number of rotatable bonds is 8. The molecule has 0 aliphatic heterocycles. The molecular weight excluding hydrogens is 479 g/mol. The van der Waals surface area contributed by atoms with Gasteiger partial charge in [0.2, 0.25) is 0 Å². The molecule has 0 saturated carbocycles. The van der Waals surface area contributed by atoms with Crippen molar-refractivity contribution in [3.63, 3.8) is 0 Å². The van der Waals surface area contributed by atoms with Gasteiger partial charge in [-0.15, -0.1) is 0 Å². The summed E-state index contributed by atoms with van der Waals surface area (Å²) < 4.78 is 0. The fourth-order valence-corrected chi connectivity index (χ4v) is 9.32. The molecule has 0 unspecified atom stereocenters. The number of benzene rings is 3. The third kappa shape index (κ3) is 4.55. The number of hydrogen-bond donors (Lipinski definition) is 1. The summed E-state index contributed by atoms with van der Waals surface area (Å²) in [4.78, 5) is 4.56. The SMILES string of the molecule is C=C/C=C\C1=C(P(c2ccccc2)c2ccccc2)[C@@]2(CC1)CCc1cccc(NCc3ccccn3)c12. The van der Waals surface area contributed by atoms with Crippen molar-refractivity contribution in [1.29, 1.82) is 0 Å². The zero-order valence-electron chi connectivity index (χ0n) is 21.7. The minimum absolute atomic E-state index is 0.0152. The summed E-state index contributed by atoms with van der Waals surface area (Å²) in [7, 11) is -0.703. The monoisotopic (exact) mass is 512 g/mol. The topological polar surface area (TPSA) is 24.9 Å². The van der Waals surface area contributed by atoms with Crippen molar-refractivity contribution in [2.24, 2.45) is 0 Å². The second-order valence-corrected chi connectivity index (χ2v) is 12.2. The van der Waals surface area contributed by atoms with E-state index >= 15 is 0 Å². The van der Waals surface area contributed by atoms with Crippen LogP contribution < -0.4 is 15.9 Å². The summed E-state index contributed by atoms with van der Waals surface area (Å²) >= 11 is 0. The van der Waals surface area contributed by atoms with E-state index < -0.39 is 7.92 Å². The molecule has 2 nitrogen and oxygen atoms in total. The molecule has 188 valence electrons. The van der Waals surface area contributed by atoms with Crippen molar-refractivity contribution in [2.75, 3.05) is 5.32 Å². The lowest BCUT2D eigenvalue weighted by Gasteiger charge is -2.36. The first-order valence-corrected chi connectivity index (χ1v) is 14.8. The van der Waals surface area contributed by atoms with Gasteiger partial charge in [0.15, 0.2) is 0 Å². The molecule has 1 atom stereocenters. The van der Waals surface area contributed by atoms with Crippen LogP contribution in [0.3, 0.4) is 0 Å². The van der Waals surface area contributed by atoms with E-state index in [2.05, 4.69) is 120 Å². The average Bonchev–Trinajstić information content (AvgIpc) is 3.54. The first-order chi connectivity index (χ1) is 18.8. The second kappa shape index (κ2) is 10.9. The van der Waals surface area contributed by atoms with E-state index in [1.54, 1.807) is 5.31 Å². The number of pyridine rings is 1. The standard InChI is InChI=1S/C35H33N2P/c1-2-3-13-28-22-24-35(34(28)38(30-16-6-4-7-17-30)31-18-8-5-9-19-31)23-21-27-14-12-20-32(33(27)35)37-26-29-15-10-11-25-36-29/h2-20,25,37H,1,21-24,26H2/b13-3-/t35-/m1/s1. The molecule has 1 heterocycles. The maximum absolute atomic E-state index is 4.56. The first kappa shape index (κ1) is 24.6. The smallest absolute Gasteiger partial charge is 0.0594 e. The molecule has 0 bridgehead atoms. The number of anilines is 1. The highest BCUT2D eigenvalue weighted by atomic mass is 31.1. The van der Waals surface area contributed by atoms with Crippen molar-refractivity contribution < 1.29 is 0 Å². The third-order valence-electron chi connectivity index (χ3n) is 7.90. The third-order valence-corrected chi connectivity index (χ3v) is 10.7. The molecule has 1 N–H and O–H groups in total. The van der Waals surface area contributed by atoms with Crippen molar-refractivity contribution in [3.05, 3.63) is 156 Å².